The normalized spacial score (nSPS) is 18.8. The van der Waals surface area contributed by atoms with Crippen molar-refractivity contribution >= 4 is 0 Å². The van der Waals surface area contributed by atoms with Gasteiger partial charge in [-0.25, -0.2) is 8.78 Å². The van der Waals surface area contributed by atoms with Crippen molar-refractivity contribution in [2.45, 2.75) is 51.4 Å². The molecule has 1 aromatic rings. The number of alkyl halides is 2. The predicted octanol–water partition coefficient (Wildman–Crippen LogP) is 4.88. The lowest BCUT2D eigenvalue weighted by Crippen LogP contribution is -2.14. The molecule has 2 rings (SSSR count). The predicted molar refractivity (Wildman–Crippen MR) is 66.3 cm³/mol. The number of hydrogen-bond acceptors (Lipinski definition) is 0. The molecule has 0 aromatic heterocycles. The SMILES string of the molecule is Cc1ccc(C2CC[C](CC(F)F)CC2)cc1. The van der Waals surface area contributed by atoms with Gasteiger partial charge in [0.1, 0.15) is 0 Å². The Bertz CT molecular complexity index is 334. The first-order valence-electron chi connectivity index (χ1n) is 6.33. The van der Waals surface area contributed by atoms with Crippen LogP contribution in [0.1, 0.15) is 49.1 Å². The zero-order valence-corrected chi connectivity index (χ0v) is 10.3. The first-order chi connectivity index (χ1) is 8.15. The largest absolute Gasteiger partial charge is 0.239 e. The van der Waals surface area contributed by atoms with Crippen LogP contribution in [0.2, 0.25) is 0 Å². The molecule has 0 atom stereocenters. The minimum Gasteiger partial charge on any atom is -0.211 e. The first-order valence-corrected chi connectivity index (χ1v) is 6.33. The minimum absolute atomic E-state index is 0.0145. The average molecular weight is 237 g/mol. The second-order valence-corrected chi connectivity index (χ2v) is 5.03. The van der Waals surface area contributed by atoms with Crippen LogP contribution >= 0.6 is 0 Å². The fraction of sp³-hybridized carbons (Fsp3) is 0.533. The van der Waals surface area contributed by atoms with E-state index in [1.165, 1.54) is 11.1 Å². The monoisotopic (exact) mass is 237 g/mol. The topological polar surface area (TPSA) is 0 Å². The van der Waals surface area contributed by atoms with Gasteiger partial charge in [-0.15, -0.1) is 0 Å². The van der Waals surface area contributed by atoms with Gasteiger partial charge in [-0.1, -0.05) is 29.8 Å². The van der Waals surface area contributed by atoms with Gasteiger partial charge < -0.3 is 0 Å². The lowest BCUT2D eigenvalue weighted by molar-refractivity contribution is 0.136. The van der Waals surface area contributed by atoms with E-state index in [0.717, 1.165) is 31.6 Å². The second-order valence-electron chi connectivity index (χ2n) is 5.03. The molecule has 0 spiro atoms. The van der Waals surface area contributed by atoms with Crippen LogP contribution in [0.4, 0.5) is 8.78 Å². The second kappa shape index (κ2) is 5.61. The van der Waals surface area contributed by atoms with E-state index in [-0.39, 0.29) is 6.42 Å². The molecule has 1 radical (unpaired) electrons. The van der Waals surface area contributed by atoms with Crippen LogP contribution in [0.25, 0.3) is 0 Å². The van der Waals surface area contributed by atoms with Crippen molar-refractivity contribution in [3.63, 3.8) is 0 Å². The maximum atomic E-state index is 12.3. The van der Waals surface area contributed by atoms with Gasteiger partial charge in [0.2, 0.25) is 6.43 Å². The lowest BCUT2D eigenvalue weighted by Gasteiger charge is -2.28. The highest BCUT2D eigenvalue weighted by Crippen LogP contribution is 2.39. The summed E-state index contributed by atoms with van der Waals surface area (Å²) >= 11 is 0. The highest BCUT2D eigenvalue weighted by atomic mass is 19.3. The molecule has 2 heteroatoms. The minimum atomic E-state index is -2.17. The van der Waals surface area contributed by atoms with Gasteiger partial charge in [-0.2, -0.15) is 0 Å². The summed E-state index contributed by atoms with van der Waals surface area (Å²) in [5, 5.41) is 0. The molecule has 0 unspecified atom stereocenters. The zero-order chi connectivity index (χ0) is 12.3. The maximum absolute atomic E-state index is 12.3. The van der Waals surface area contributed by atoms with E-state index in [9.17, 15) is 8.78 Å². The zero-order valence-electron chi connectivity index (χ0n) is 10.3. The molecule has 0 N–H and O–H groups in total. The Morgan fingerprint density at radius 2 is 1.71 bits per heavy atom. The molecule has 0 nitrogen and oxygen atoms in total. The Hall–Kier alpha value is -0.920. The van der Waals surface area contributed by atoms with Crippen LogP contribution in [-0.4, -0.2) is 6.43 Å². The van der Waals surface area contributed by atoms with E-state index < -0.39 is 6.43 Å². The molecule has 0 bridgehead atoms. The summed E-state index contributed by atoms with van der Waals surface area (Å²) in [7, 11) is 0. The smallest absolute Gasteiger partial charge is 0.211 e. The fourth-order valence-electron chi connectivity index (χ4n) is 2.62. The van der Waals surface area contributed by atoms with Crippen molar-refractivity contribution in [2.24, 2.45) is 0 Å². The highest BCUT2D eigenvalue weighted by molar-refractivity contribution is 5.25. The molecule has 1 aliphatic rings. The van der Waals surface area contributed by atoms with Crippen molar-refractivity contribution < 1.29 is 8.78 Å². The Labute approximate surface area is 102 Å². The standard InChI is InChI=1S/C15H19F2/c1-11-2-6-13(7-3-11)14-8-4-12(5-9-14)10-15(16)17/h2-3,6-7,14-15H,4-5,8-10H2,1H3. The quantitative estimate of drug-likeness (QED) is 0.702. The highest BCUT2D eigenvalue weighted by Gasteiger charge is 2.24. The summed E-state index contributed by atoms with van der Waals surface area (Å²) in [5.74, 6) is 1.63. The van der Waals surface area contributed by atoms with E-state index in [1.807, 2.05) is 0 Å². The third kappa shape index (κ3) is 3.52. The van der Waals surface area contributed by atoms with Crippen LogP contribution in [0, 0.1) is 12.8 Å². The van der Waals surface area contributed by atoms with E-state index in [0.29, 0.717) is 5.92 Å². The molecule has 0 heterocycles. The summed E-state index contributed by atoms with van der Waals surface area (Å²) in [6.07, 6.45) is 1.67. The third-order valence-corrected chi connectivity index (χ3v) is 3.68. The van der Waals surface area contributed by atoms with Gasteiger partial charge in [0.15, 0.2) is 0 Å². The van der Waals surface area contributed by atoms with Crippen molar-refractivity contribution in [3.05, 3.63) is 41.3 Å². The Morgan fingerprint density at radius 3 is 2.24 bits per heavy atom. The number of halogens is 2. The van der Waals surface area contributed by atoms with E-state index in [4.69, 9.17) is 0 Å². The number of benzene rings is 1. The van der Waals surface area contributed by atoms with Crippen LogP contribution in [-0.2, 0) is 0 Å². The molecule has 1 aromatic carbocycles. The molecule has 0 amide bonds. The van der Waals surface area contributed by atoms with Crippen LogP contribution in [0.15, 0.2) is 24.3 Å². The molecule has 1 aliphatic carbocycles. The molecule has 93 valence electrons. The molecule has 0 saturated heterocycles. The first kappa shape index (κ1) is 12.5. The van der Waals surface area contributed by atoms with Gasteiger partial charge in [-0.3, -0.25) is 0 Å². The maximum Gasteiger partial charge on any atom is 0.239 e. The van der Waals surface area contributed by atoms with E-state index in [1.54, 1.807) is 0 Å². The molecule has 0 aliphatic heterocycles. The van der Waals surface area contributed by atoms with Crippen molar-refractivity contribution in [1.82, 2.24) is 0 Å². The average Bonchev–Trinajstić information content (AvgIpc) is 2.30. The van der Waals surface area contributed by atoms with E-state index in [2.05, 4.69) is 31.2 Å². The third-order valence-electron chi connectivity index (χ3n) is 3.68. The molecular weight excluding hydrogens is 218 g/mol. The number of hydrogen-bond donors (Lipinski definition) is 0. The Kier molecular flexibility index (Phi) is 4.14. The lowest BCUT2D eigenvalue weighted by atomic mass is 9.77. The van der Waals surface area contributed by atoms with Gasteiger partial charge >= 0.3 is 0 Å². The summed E-state index contributed by atoms with van der Waals surface area (Å²) in [6, 6.07) is 8.62. The Balaban J connectivity index is 1.88. The molecular formula is C15H19F2. The van der Waals surface area contributed by atoms with Gasteiger partial charge in [0.05, 0.1) is 0 Å². The van der Waals surface area contributed by atoms with Crippen LogP contribution in [0.5, 0.6) is 0 Å². The van der Waals surface area contributed by atoms with Crippen LogP contribution in [0.3, 0.4) is 0 Å². The van der Waals surface area contributed by atoms with Crippen LogP contribution < -0.4 is 0 Å². The Morgan fingerprint density at radius 1 is 1.12 bits per heavy atom. The van der Waals surface area contributed by atoms with E-state index >= 15 is 0 Å². The van der Waals surface area contributed by atoms with Crippen molar-refractivity contribution in [2.75, 3.05) is 0 Å². The summed E-state index contributed by atoms with van der Waals surface area (Å²) < 4.78 is 24.5. The summed E-state index contributed by atoms with van der Waals surface area (Å²) in [4.78, 5) is 0. The summed E-state index contributed by atoms with van der Waals surface area (Å²) in [5.41, 5.74) is 2.64. The van der Waals surface area contributed by atoms with Crippen molar-refractivity contribution in [3.8, 4) is 0 Å². The number of rotatable bonds is 3. The van der Waals surface area contributed by atoms with Gasteiger partial charge in [0, 0.05) is 6.42 Å². The van der Waals surface area contributed by atoms with Gasteiger partial charge in [0.25, 0.3) is 0 Å². The molecule has 1 saturated carbocycles. The molecule has 17 heavy (non-hydrogen) atoms. The van der Waals surface area contributed by atoms with Gasteiger partial charge in [-0.05, 0) is 50.0 Å². The fourth-order valence-corrected chi connectivity index (χ4v) is 2.62. The summed E-state index contributed by atoms with van der Waals surface area (Å²) in [6.45, 7) is 2.08. The van der Waals surface area contributed by atoms with Crippen molar-refractivity contribution in [1.29, 1.82) is 0 Å². The number of aryl methyl sites for hydroxylation is 1. The molecule has 1 fully saturated rings.